The molecule has 1 saturated carbocycles. The van der Waals surface area contributed by atoms with Crippen LogP contribution in [0.5, 0.6) is 5.75 Å². The number of methoxy groups -OCH3 is 1. The number of benzene rings is 1. The molecule has 2 aromatic rings. The molecule has 1 aliphatic heterocycles. The molecule has 0 spiro atoms. The number of rotatable bonds is 6. The Morgan fingerprint density at radius 1 is 1.17 bits per heavy atom. The Balaban J connectivity index is 1.44. The predicted molar refractivity (Wildman–Crippen MR) is 113 cm³/mol. The minimum absolute atomic E-state index is 0.0151. The molecule has 1 N–H and O–H groups in total. The van der Waals surface area contributed by atoms with Crippen LogP contribution in [0.1, 0.15) is 28.9 Å². The van der Waals surface area contributed by atoms with E-state index in [0.29, 0.717) is 56.0 Å². The maximum atomic E-state index is 12.8. The normalized spacial score (nSPS) is 17.8. The first-order valence-corrected chi connectivity index (χ1v) is 9.94. The maximum absolute atomic E-state index is 12.8. The van der Waals surface area contributed by atoms with Crippen molar-refractivity contribution in [3.05, 3.63) is 53.9 Å². The van der Waals surface area contributed by atoms with Gasteiger partial charge in [0.15, 0.2) is 5.54 Å². The van der Waals surface area contributed by atoms with Crippen LogP contribution >= 0.6 is 0 Å². The van der Waals surface area contributed by atoms with Crippen LogP contribution in [0.3, 0.4) is 0 Å². The highest BCUT2D eigenvalue weighted by atomic mass is 16.5. The predicted octanol–water partition coefficient (Wildman–Crippen LogP) is 2.09. The lowest BCUT2D eigenvalue weighted by Crippen LogP contribution is -2.49. The molecule has 2 aliphatic rings. The van der Waals surface area contributed by atoms with Crippen molar-refractivity contribution in [1.82, 2.24) is 9.88 Å². The zero-order valence-electron chi connectivity index (χ0n) is 16.8. The fourth-order valence-electron chi connectivity index (χ4n) is 3.57. The summed E-state index contributed by atoms with van der Waals surface area (Å²) in [5.41, 5.74) is 1.19. The van der Waals surface area contributed by atoms with Gasteiger partial charge in [-0.05, 0) is 43.2 Å². The molecule has 0 bridgehead atoms. The van der Waals surface area contributed by atoms with Crippen molar-refractivity contribution in [3.8, 4) is 5.75 Å². The number of piperazine rings is 1. The Morgan fingerprint density at radius 3 is 2.60 bits per heavy atom. The third-order valence-electron chi connectivity index (χ3n) is 5.60. The van der Waals surface area contributed by atoms with E-state index in [1.54, 1.807) is 31.7 Å². The molecule has 0 radical (unpaired) electrons. The number of nitrogens with zero attached hydrogens (tertiary/aromatic N) is 4. The monoisotopic (exact) mass is 408 g/mol. The van der Waals surface area contributed by atoms with Gasteiger partial charge in [-0.25, -0.2) is 4.79 Å². The smallest absolute Gasteiger partial charge is 0.331 e. The summed E-state index contributed by atoms with van der Waals surface area (Å²) in [6.07, 6.45) is 4.37. The van der Waals surface area contributed by atoms with Crippen LogP contribution in [-0.4, -0.2) is 71.9 Å². The Labute approximate surface area is 174 Å². The third-order valence-corrected chi connectivity index (χ3v) is 5.60. The third kappa shape index (κ3) is 3.98. The molecular formula is C22H24N4O4. The first-order chi connectivity index (χ1) is 14.5. The van der Waals surface area contributed by atoms with Crippen LogP contribution in [0.25, 0.3) is 0 Å². The van der Waals surface area contributed by atoms with Gasteiger partial charge in [0.05, 0.1) is 19.0 Å². The van der Waals surface area contributed by atoms with Gasteiger partial charge in [0.1, 0.15) is 11.4 Å². The topological polar surface area (TPSA) is 95.3 Å². The van der Waals surface area contributed by atoms with E-state index in [4.69, 9.17) is 4.74 Å². The maximum Gasteiger partial charge on any atom is 0.331 e. The number of hydrogen-bond donors (Lipinski definition) is 1. The first kappa shape index (κ1) is 19.9. The van der Waals surface area contributed by atoms with Crippen molar-refractivity contribution < 1.29 is 19.4 Å². The van der Waals surface area contributed by atoms with Crippen LogP contribution in [0.4, 0.5) is 5.69 Å². The number of carbonyl (C=O) groups excluding carboxylic acids is 1. The number of anilines is 1. The number of carbonyl (C=O) groups is 2. The number of pyridine rings is 1. The van der Waals surface area contributed by atoms with Gasteiger partial charge < -0.3 is 19.6 Å². The lowest BCUT2D eigenvalue weighted by molar-refractivity contribution is -0.139. The van der Waals surface area contributed by atoms with Gasteiger partial charge in [-0.3, -0.25) is 14.8 Å². The molecular weight excluding hydrogens is 384 g/mol. The van der Waals surface area contributed by atoms with E-state index >= 15 is 0 Å². The zero-order valence-corrected chi connectivity index (χ0v) is 16.8. The summed E-state index contributed by atoms with van der Waals surface area (Å²) in [5, 5.41) is 9.32. The van der Waals surface area contributed by atoms with E-state index < -0.39 is 11.5 Å². The lowest BCUT2D eigenvalue weighted by atomic mass is 10.1. The number of carboxylic acids is 1. The van der Waals surface area contributed by atoms with E-state index in [9.17, 15) is 14.7 Å². The van der Waals surface area contributed by atoms with Gasteiger partial charge in [-0.1, -0.05) is 6.07 Å². The summed E-state index contributed by atoms with van der Waals surface area (Å²) < 4.78 is 5.21. The number of ether oxygens (including phenoxy) is 1. The molecule has 0 unspecified atom stereocenters. The largest absolute Gasteiger partial charge is 0.497 e. The van der Waals surface area contributed by atoms with Crippen molar-refractivity contribution >= 4 is 23.8 Å². The Morgan fingerprint density at radius 2 is 1.93 bits per heavy atom. The van der Waals surface area contributed by atoms with Crippen molar-refractivity contribution in [2.45, 2.75) is 18.4 Å². The first-order valence-electron chi connectivity index (χ1n) is 9.94. The molecule has 2 heterocycles. The molecule has 4 rings (SSSR count). The second-order valence-corrected chi connectivity index (χ2v) is 7.51. The van der Waals surface area contributed by atoms with E-state index in [1.807, 2.05) is 29.2 Å². The lowest BCUT2D eigenvalue weighted by Gasteiger charge is -2.36. The summed E-state index contributed by atoms with van der Waals surface area (Å²) in [6, 6.07) is 11.0. The van der Waals surface area contributed by atoms with Crippen molar-refractivity contribution in [1.29, 1.82) is 0 Å². The Kier molecular flexibility index (Phi) is 5.39. The van der Waals surface area contributed by atoms with Crippen molar-refractivity contribution in [2.24, 2.45) is 4.99 Å². The number of aromatic nitrogens is 1. The minimum atomic E-state index is -0.976. The van der Waals surface area contributed by atoms with Crippen LogP contribution in [-0.2, 0) is 4.79 Å². The van der Waals surface area contributed by atoms with Crippen molar-refractivity contribution in [2.75, 3.05) is 38.2 Å². The summed E-state index contributed by atoms with van der Waals surface area (Å²) in [4.78, 5) is 36.9. The van der Waals surface area contributed by atoms with Crippen molar-refractivity contribution in [3.63, 3.8) is 0 Å². The summed E-state index contributed by atoms with van der Waals surface area (Å²) >= 11 is 0. The highest BCUT2D eigenvalue weighted by molar-refractivity contribution is 5.95. The van der Waals surface area contributed by atoms with Gasteiger partial charge >= 0.3 is 5.97 Å². The molecule has 1 saturated heterocycles. The average molecular weight is 408 g/mol. The minimum Gasteiger partial charge on any atom is -0.497 e. The number of amides is 1. The summed E-state index contributed by atoms with van der Waals surface area (Å²) in [6.45, 7) is 2.49. The molecule has 8 nitrogen and oxygen atoms in total. The number of hydrogen-bond acceptors (Lipinski definition) is 6. The van der Waals surface area contributed by atoms with Gasteiger partial charge in [0.25, 0.3) is 5.91 Å². The van der Waals surface area contributed by atoms with Gasteiger partial charge in [-0.15, -0.1) is 0 Å². The second-order valence-electron chi connectivity index (χ2n) is 7.51. The quantitative estimate of drug-likeness (QED) is 0.736. The Hall–Kier alpha value is -3.42. The highest BCUT2D eigenvalue weighted by Gasteiger charge is 2.50. The zero-order chi connectivity index (χ0) is 21.1. The molecule has 1 aromatic carbocycles. The molecule has 30 heavy (non-hydrogen) atoms. The number of aliphatic carboxylic acids is 1. The van der Waals surface area contributed by atoms with Crippen LogP contribution < -0.4 is 9.64 Å². The fourth-order valence-corrected chi connectivity index (χ4v) is 3.57. The molecule has 0 atom stereocenters. The van der Waals surface area contributed by atoms with Gasteiger partial charge in [0, 0.05) is 37.9 Å². The molecule has 2 fully saturated rings. The van der Waals surface area contributed by atoms with E-state index in [-0.39, 0.29) is 5.91 Å². The number of aliphatic imine (C=N–C) groups is 1. The average Bonchev–Trinajstić information content (AvgIpc) is 3.59. The second kappa shape index (κ2) is 8.14. The van der Waals surface area contributed by atoms with Crippen LogP contribution in [0.15, 0.2) is 47.6 Å². The molecule has 1 aliphatic carbocycles. The van der Waals surface area contributed by atoms with Crippen LogP contribution in [0.2, 0.25) is 0 Å². The standard InChI is InChI=1S/C22H24N4O4/c1-30-17-5-2-4-16(14-17)20(27)26-12-10-25(11-13-26)19-6-3-9-23-18(19)15-24-22(7-8-22)21(28)29/h2-6,9,14-15H,7-8,10-13H2,1H3,(H,28,29). The van der Waals surface area contributed by atoms with E-state index in [2.05, 4.69) is 14.9 Å². The SMILES string of the molecule is COc1cccc(C(=O)N2CCN(c3cccnc3C=NC3(C(=O)O)CC3)CC2)c1. The number of carboxylic acid groups (broad SMARTS) is 1. The molecule has 1 amide bonds. The summed E-state index contributed by atoms with van der Waals surface area (Å²) in [5.74, 6) is -0.242. The van der Waals surface area contributed by atoms with E-state index in [0.717, 1.165) is 5.69 Å². The highest BCUT2D eigenvalue weighted by Crippen LogP contribution is 2.40. The van der Waals surface area contributed by atoms with Gasteiger partial charge in [-0.2, -0.15) is 0 Å². The van der Waals surface area contributed by atoms with Gasteiger partial charge in [0.2, 0.25) is 0 Å². The molecule has 8 heteroatoms. The molecule has 156 valence electrons. The Bertz CT molecular complexity index is 979. The van der Waals surface area contributed by atoms with E-state index in [1.165, 1.54) is 0 Å². The van der Waals surface area contributed by atoms with Crippen LogP contribution in [0, 0.1) is 0 Å². The summed E-state index contributed by atoms with van der Waals surface area (Å²) in [7, 11) is 1.58. The molecule has 1 aromatic heterocycles. The fraction of sp³-hybridized carbons (Fsp3) is 0.364.